The van der Waals surface area contributed by atoms with Gasteiger partial charge in [-0.3, -0.25) is 4.79 Å². The van der Waals surface area contributed by atoms with Crippen molar-refractivity contribution in [1.29, 1.82) is 0 Å². The number of hydrogen-bond donors (Lipinski definition) is 0. The molecule has 0 radical (unpaired) electrons. The molecule has 3 rings (SSSR count). The maximum Gasteiger partial charge on any atom is 0.270 e. The Bertz CT molecular complexity index is 730. The second-order valence-corrected chi connectivity index (χ2v) is 6.53. The van der Waals surface area contributed by atoms with Crippen LogP contribution in [0.5, 0.6) is 5.75 Å². The van der Waals surface area contributed by atoms with Gasteiger partial charge in [0.25, 0.3) is 5.91 Å². The number of aromatic nitrogens is 1. The lowest BCUT2D eigenvalue weighted by Gasteiger charge is -2.32. The molecule has 1 aromatic heterocycles. The van der Waals surface area contributed by atoms with Gasteiger partial charge in [0.15, 0.2) is 0 Å². The average Bonchev–Trinajstić information content (AvgIpc) is 2.99. The molecule has 134 valence electrons. The summed E-state index contributed by atoms with van der Waals surface area (Å²) in [6.07, 6.45) is 1.92. The summed E-state index contributed by atoms with van der Waals surface area (Å²) in [7, 11) is 3.61. The van der Waals surface area contributed by atoms with E-state index in [9.17, 15) is 4.79 Å². The van der Waals surface area contributed by atoms with Gasteiger partial charge in [0.1, 0.15) is 11.4 Å². The molecular weight excluding hydrogens is 316 g/mol. The summed E-state index contributed by atoms with van der Waals surface area (Å²) in [4.78, 5) is 14.6. The number of likely N-dealkylation sites (tertiary alicyclic amines) is 1. The number of para-hydroxylation sites is 1. The fourth-order valence-electron chi connectivity index (χ4n) is 3.25. The molecular formula is C20H26N2O3. The summed E-state index contributed by atoms with van der Waals surface area (Å²) in [5, 5.41) is 0. The predicted molar refractivity (Wildman–Crippen MR) is 96.9 cm³/mol. The number of carbonyl (C=O) groups excluding carboxylic acids is 1. The third kappa shape index (κ3) is 3.87. The van der Waals surface area contributed by atoms with Gasteiger partial charge >= 0.3 is 0 Å². The highest BCUT2D eigenvalue weighted by molar-refractivity contribution is 5.93. The lowest BCUT2D eigenvalue weighted by atomic mass is 10.1. The largest absolute Gasteiger partial charge is 0.496 e. The molecule has 0 spiro atoms. The van der Waals surface area contributed by atoms with Crippen LogP contribution in [0.15, 0.2) is 36.4 Å². The fraction of sp³-hybridized carbons (Fsp3) is 0.450. The molecule has 2 heterocycles. The van der Waals surface area contributed by atoms with Crippen LogP contribution in [-0.2, 0) is 18.4 Å². The van der Waals surface area contributed by atoms with Crippen molar-refractivity contribution in [2.24, 2.45) is 7.05 Å². The topological polar surface area (TPSA) is 43.7 Å². The van der Waals surface area contributed by atoms with Gasteiger partial charge in [-0.1, -0.05) is 18.2 Å². The van der Waals surface area contributed by atoms with Gasteiger partial charge in [0.05, 0.1) is 19.8 Å². The van der Waals surface area contributed by atoms with E-state index in [1.54, 1.807) is 7.11 Å². The predicted octanol–water partition coefficient (Wildman–Crippen LogP) is 3.16. The third-order valence-corrected chi connectivity index (χ3v) is 4.99. The number of ether oxygens (including phenoxy) is 2. The van der Waals surface area contributed by atoms with Crippen molar-refractivity contribution in [3.8, 4) is 5.75 Å². The van der Waals surface area contributed by atoms with Crippen LogP contribution in [0.4, 0.5) is 0 Å². The molecule has 0 N–H and O–H groups in total. The van der Waals surface area contributed by atoms with Crippen molar-refractivity contribution in [3.05, 3.63) is 53.3 Å². The van der Waals surface area contributed by atoms with E-state index in [1.165, 1.54) is 0 Å². The van der Waals surface area contributed by atoms with Gasteiger partial charge in [-0.25, -0.2) is 0 Å². The smallest absolute Gasteiger partial charge is 0.270 e. The van der Waals surface area contributed by atoms with Crippen LogP contribution in [-0.4, -0.2) is 41.7 Å². The summed E-state index contributed by atoms with van der Waals surface area (Å²) in [5.41, 5.74) is 2.91. The molecule has 0 bridgehead atoms. The van der Waals surface area contributed by atoms with Crippen molar-refractivity contribution in [2.75, 3.05) is 20.2 Å². The Hall–Kier alpha value is -2.27. The molecule has 1 saturated heterocycles. The van der Waals surface area contributed by atoms with Gasteiger partial charge in [0.2, 0.25) is 0 Å². The first-order valence-electron chi connectivity index (χ1n) is 8.75. The zero-order valence-corrected chi connectivity index (χ0v) is 15.2. The van der Waals surface area contributed by atoms with Gasteiger partial charge in [-0.05, 0) is 38.0 Å². The number of nitrogens with zero attached hydrogens (tertiary/aromatic N) is 2. The molecule has 1 aliphatic heterocycles. The highest BCUT2D eigenvalue weighted by Crippen LogP contribution is 2.22. The quantitative estimate of drug-likeness (QED) is 0.838. The van der Waals surface area contributed by atoms with Gasteiger partial charge in [-0.2, -0.15) is 0 Å². The summed E-state index contributed by atoms with van der Waals surface area (Å²) in [6.45, 7) is 4.02. The Morgan fingerprint density at radius 3 is 2.52 bits per heavy atom. The number of amides is 1. The number of piperidine rings is 1. The number of methoxy groups -OCH3 is 1. The maximum atomic E-state index is 12.7. The molecule has 1 amide bonds. The van der Waals surface area contributed by atoms with E-state index in [0.717, 1.165) is 48.6 Å². The van der Waals surface area contributed by atoms with E-state index >= 15 is 0 Å². The maximum absolute atomic E-state index is 12.7. The van der Waals surface area contributed by atoms with Crippen molar-refractivity contribution in [3.63, 3.8) is 0 Å². The van der Waals surface area contributed by atoms with Gasteiger partial charge in [-0.15, -0.1) is 0 Å². The Morgan fingerprint density at radius 2 is 1.88 bits per heavy atom. The van der Waals surface area contributed by atoms with Crippen LogP contribution in [0.3, 0.4) is 0 Å². The molecule has 0 aliphatic carbocycles. The van der Waals surface area contributed by atoms with Gasteiger partial charge < -0.3 is 18.9 Å². The molecule has 2 aromatic rings. The first kappa shape index (κ1) is 17.5. The Balaban J connectivity index is 1.52. The van der Waals surface area contributed by atoms with E-state index in [0.29, 0.717) is 6.61 Å². The lowest BCUT2D eigenvalue weighted by Crippen LogP contribution is -2.41. The molecule has 25 heavy (non-hydrogen) atoms. The van der Waals surface area contributed by atoms with Crippen molar-refractivity contribution in [2.45, 2.75) is 32.5 Å². The summed E-state index contributed by atoms with van der Waals surface area (Å²) in [5.74, 6) is 0.966. The molecule has 5 nitrogen and oxygen atoms in total. The Morgan fingerprint density at radius 1 is 1.16 bits per heavy atom. The van der Waals surface area contributed by atoms with Crippen LogP contribution in [0, 0.1) is 6.92 Å². The van der Waals surface area contributed by atoms with Crippen LogP contribution in [0.2, 0.25) is 0 Å². The van der Waals surface area contributed by atoms with E-state index in [4.69, 9.17) is 9.47 Å². The Kier molecular flexibility index (Phi) is 5.43. The summed E-state index contributed by atoms with van der Waals surface area (Å²) in [6, 6.07) is 11.8. The molecule has 5 heteroatoms. The lowest BCUT2D eigenvalue weighted by molar-refractivity contribution is -0.00116. The molecule has 1 aromatic carbocycles. The Labute approximate surface area is 149 Å². The first-order valence-corrected chi connectivity index (χ1v) is 8.75. The van der Waals surface area contributed by atoms with Crippen molar-refractivity contribution < 1.29 is 14.3 Å². The SMILES string of the molecule is COc1ccccc1COC1CCN(C(=O)c2ccc(C)n2C)CC1. The normalized spacial score (nSPS) is 15.4. The number of benzene rings is 1. The van der Waals surface area contributed by atoms with Crippen molar-refractivity contribution >= 4 is 5.91 Å². The molecule has 0 unspecified atom stereocenters. The standard InChI is InChI=1S/C20H26N2O3/c1-15-8-9-18(21(15)2)20(23)22-12-10-17(11-13-22)25-14-16-6-4-5-7-19(16)24-3/h4-9,17H,10-14H2,1-3H3. The third-order valence-electron chi connectivity index (χ3n) is 4.99. The zero-order chi connectivity index (χ0) is 17.8. The molecule has 0 saturated carbocycles. The minimum absolute atomic E-state index is 0.110. The highest BCUT2D eigenvalue weighted by atomic mass is 16.5. The average molecular weight is 342 g/mol. The number of rotatable bonds is 5. The molecule has 0 atom stereocenters. The minimum atomic E-state index is 0.110. The zero-order valence-electron chi connectivity index (χ0n) is 15.2. The minimum Gasteiger partial charge on any atom is -0.496 e. The van der Waals surface area contributed by atoms with Crippen LogP contribution in [0.1, 0.15) is 34.6 Å². The van der Waals surface area contributed by atoms with Crippen LogP contribution >= 0.6 is 0 Å². The van der Waals surface area contributed by atoms with Crippen LogP contribution < -0.4 is 4.74 Å². The van der Waals surface area contributed by atoms with Gasteiger partial charge in [0, 0.05) is 31.4 Å². The van der Waals surface area contributed by atoms with E-state index in [1.807, 2.05) is 59.8 Å². The highest BCUT2D eigenvalue weighted by Gasteiger charge is 2.25. The number of carbonyl (C=O) groups is 1. The summed E-state index contributed by atoms with van der Waals surface area (Å²) >= 11 is 0. The first-order chi connectivity index (χ1) is 12.1. The number of hydrogen-bond acceptors (Lipinski definition) is 3. The molecule has 1 fully saturated rings. The monoisotopic (exact) mass is 342 g/mol. The second kappa shape index (κ2) is 7.74. The van der Waals surface area contributed by atoms with Crippen LogP contribution in [0.25, 0.3) is 0 Å². The fourth-order valence-corrected chi connectivity index (χ4v) is 3.25. The second-order valence-electron chi connectivity index (χ2n) is 6.53. The van der Waals surface area contributed by atoms with Crippen molar-refractivity contribution in [1.82, 2.24) is 9.47 Å². The van der Waals surface area contributed by atoms with E-state index < -0.39 is 0 Å². The molecule has 1 aliphatic rings. The van der Waals surface area contributed by atoms with E-state index in [-0.39, 0.29) is 12.0 Å². The summed E-state index contributed by atoms with van der Waals surface area (Å²) < 4.78 is 13.4. The van der Waals surface area contributed by atoms with E-state index in [2.05, 4.69) is 0 Å². The number of aryl methyl sites for hydroxylation is 1.